The van der Waals surface area contributed by atoms with E-state index in [1.807, 2.05) is 97.1 Å². The fraction of sp³-hybridized carbons (Fsp3) is 0.167. The second-order valence-corrected chi connectivity index (χ2v) is 10.2. The highest BCUT2D eigenvalue weighted by Gasteiger charge is 2.22. The van der Waals surface area contributed by atoms with E-state index in [-0.39, 0.29) is 24.7 Å². The van der Waals surface area contributed by atoms with Crippen LogP contribution in [0.25, 0.3) is 10.8 Å². The van der Waals surface area contributed by atoms with Crippen LogP contribution in [0, 0.1) is 0 Å². The van der Waals surface area contributed by atoms with Crippen molar-refractivity contribution in [2.45, 2.75) is 32.5 Å². The topological polar surface area (TPSA) is 93.9 Å². The van der Waals surface area contributed by atoms with E-state index in [9.17, 15) is 9.59 Å². The molecule has 2 amide bonds. The number of rotatable bonds is 12. The molecule has 5 aromatic carbocycles. The Labute approximate surface area is 251 Å². The van der Waals surface area contributed by atoms with Crippen LogP contribution in [0.2, 0.25) is 0 Å². The third-order valence-corrected chi connectivity index (χ3v) is 7.24. The fourth-order valence-corrected chi connectivity index (χ4v) is 4.93. The van der Waals surface area contributed by atoms with Crippen molar-refractivity contribution in [1.29, 1.82) is 0 Å². The Morgan fingerprint density at radius 2 is 1.51 bits per heavy atom. The van der Waals surface area contributed by atoms with E-state index in [1.165, 1.54) is 0 Å². The minimum atomic E-state index is -0.197. The largest absolute Gasteiger partial charge is 0.497 e. The average molecular weight is 574 g/mol. The van der Waals surface area contributed by atoms with Gasteiger partial charge in [0.15, 0.2) is 5.75 Å². The number of carbonyl (C=O) groups excluding carboxylic acids is 2. The van der Waals surface area contributed by atoms with E-state index in [1.54, 1.807) is 12.0 Å². The van der Waals surface area contributed by atoms with Crippen LogP contribution >= 0.6 is 0 Å². The fourth-order valence-electron chi connectivity index (χ4n) is 4.93. The summed E-state index contributed by atoms with van der Waals surface area (Å²) in [5, 5.41) is 5.07. The SMILES string of the molecule is COc1ccc(CNC(=O)CCC(=O)N(Cc2cccc3ccccc23)c2ccccc2Oc2cccc(CN)c2)cc1. The number of nitrogens with zero attached hydrogens (tertiary/aromatic N) is 1. The molecule has 0 unspecified atom stereocenters. The molecule has 218 valence electrons. The Balaban J connectivity index is 1.37. The summed E-state index contributed by atoms with van der Waals surface area (Å²) in [6.07, 6.45) is 0.0960. The summed E-state index contributed by atoms with van der Waals surface area (Å²) in [4.78, 5) is 28.4. The summed E-state index contributed by atoms with van der Waals surface area (Å²) in [5.74, 6) is 1.54. The number of anilines is 1. The van der Waals surface area contributed by atoms with E-state index in [0.29, 0.717) is 36.8 Å². The minimum Gasteiger partial charge on any atom is -0.497 e. The standard InChI is InChI=1S/C36H35N3O4/c1-42-30-18-16-26(17-19-30)24-38-35(40)20-21-36(41)39(25-29-11-7-10-28-9-2-3-13-32(28)29)33-14-4-5-15-34(33)43-31-12-6-8-27(22-31)23-37/h2-19,22H,20-21,23-25,37H2,1H3,(H,38,40). The molecule has 0 aromatic heterocycles. The van der Waals surface area contributed by atoms with Crippen molar-refractivity contribution in [3.8, 4) is 17.2 Å². The number of amides is 2. The summed E-state index contributed by atoms with van der Waals surface area (Å²) in [6, 6.07) is 36.7. The maximum absolute atomic E-state index is 13.9. The van der Waals surface area contributed by atoms with Crippen molar-refractivity contribution >= 4 is 28.3 Å². The van der Waals surface area contributed by atoms with Gasteiger partial charge in [-0.3, -0.25) is 9.59 Å². The predicted molar refractivity (Wildman–Crippen MR) is 170 cm³/mol. The highest BCUT2D eigenvalue weighted by atomic mass is 16.5. The molecule has 3 N–H and O–H groups in total. The molecule has 5 aromatic rings. The van der Waals surface area contributed by atoms with Crippen LogP contribution in [0.4, 0.5) is 5.69 Å². The van der Waals surface area contributed by atoms with Crippen LogP contribution in [-0.4, -0.2) is 18.9 Å². The molecule has 5 rings (SSSR count). The number of hydrogen-bond donors (Lipinski definition) is 2. The Bertz CT molecular complexity index is 1700. The number of carbonyl (C=O) groups is 2. The molecule has 0 aliphatic carbocycles. The Hall–Kier alpha value is -5.14. The molecule has 0 spiro atoms. The molecule has 0 atom stereocenters. The Morgan fingerprint density at radius 1 is 0.767 bits per heavy atom. The Kier molecular flexibility index (Phi) is 9.67. The van der Waals surface area contributed by atoms with Crippen LogP contribution in [0.15, 0.2) is 115 Å². The van der Waals surface area contributed by atoms with Gasteiger partial charge in [0, 0.05) is 25.9 Å². The highest BCUT2D eigenvalue weighted by molar-refractivity contribution is 5.97. The van der Waals surface area contributed by atoms with Crippen molar-refractivity contribution < 1.29 is 19.1 Å². The van der Waals surface area contributed by atoms with Gasteiger partial charge in [0.1, 0.15) is 11.5 Å². The van der Waals surface area contributed by atoms with Gasteiger partial charge in [0.05, 0.1) is 19.3 Å². The summed E-state index contributed by atoms with van der Waals surface area (Å²) in [6.45, 7) is 1.08. The lowest BCUT2D eigenvalue weighted by atomic mass is 10.0. The highest BCUT2D eigenvalue weighted by Crippen LogP contribution is 2.35. The lowest BCUT2D eigenvalue weighted by Crippen LogP contribution is -2.32. The molecule has 7 heteroatoms. The molecule has 0 bridgehead atoms. The first-order valence-electron chi connectivity index (χ1n) is 14.3. The van der Waals surface area contributed by atoms with Gasteiger partial charge in [-0.1, -0.05) is 78.9 Å². The van der Waals surface area contributed by atoms with Crippen molar-refractivity contribution in [2.24, 2.45) is 5.73 Å². The first-order valence-corrected chi connectivity index (χ1v) is 14.3. The summed E-state index contributed by atoms with van der Waals surface area (Å²) in [7, 11) is 1.61. The van der Waals surface area contributed by atoms with Gasteiger partial charge in [-0.2, -0.15) is 0 Å². The third-order valence-electron chi connectivity index (χ3n) is 7.24. The first kappa shape index (κ1) is 29.4. The smallest absolute Gasteiger partial charge is 0.227 e. The third kappa shape index (κ3) is 7.58. The molecule has 7 nitrogen and oxygen atoms in total. The molecule has 0 saturated heterocycles. The van der Waals surface area contributed by atoms with E-state index in [0.717, 1.165) is 33.2 Å². The normalized spacial score (nSPS) is 10.7. The van der Waals surface area contributed by atoms with Crippen molar-refractivity contribution in [2.75, 3.05) is 12.0 Å². The number of methoxy groups -OCH3 is 1. The number of fused-ring (bicyclic) bond motifs is 1. The quantitative estimate of drug-likeness (QED) is 0.173. The number of nitrogens with two attached hydrogens (primary N) is 1. The van der Waals surface area contributed by atoms with E-state index < -0.39 is 0 Å². The number of para-hydroxylation sites is 2. The zero-order valence-electron chi connectivity index (χ0n) is 24.2. The van der Waals surface area contributed by atoms with Gasteiger partial charge in [0.25, 0.3) is 0 Å². The number of ether oxygens (including phenoxy) is 2. The van der Waals surface area contributed by atoms with Crippen LogP contribution in [-0.2, 0) is 29.2 Å². The van der Waals surface area contributed by atoms with Gasteiger partial charge in [0.2, 0.25) is 11.8 Å². The monoisotopic (exact) mass is 573 g/mol. The second-order valence-electron chi connectivity index (χ2n) is 10.2. The lowest BCUT2D eigenvalue weighted by Gasteiger charge is -2.26. The molecular weight excluding hydrogens is 538 g/mol. The zero-order valence-corrected chi connectivity index (χ0v) is 24.2. The molecular formula is C36H35N3O4. The van der Waals surface area contributed by atoms with Gasteiger partial charge < -0.3 is 25.4 Å². The second kappa shape index (κ2) is 14.2. The molecule has 43 heavy (non-hydrogen) atoms. The lowest BCUT2D eigenvalue weighted by molar-refractivity contribution is -0.125. The zero-order chi connectivity index (χ0) is 30.0. The van der Waals surface area contributed by atoms with Gasteiger partial charge in [-0.25, -0.2) is 0 Å². The van der Waals surface area contributed by atoms with Gasteiger partial charge in [-0.15, -0.1) is 0 Å². The van der Waals surface area contributed by atoms with Gasteiger partial charge in [-0.05, 0) is 63.9 Å². The number of nitrogens with one attached hydrogen (secondary N) is 1. The molecule has 0 aliphatic rings. The van der Waals surface area contributed by atoms with Crippen molar-refractivity contribution in [1.82, 2.24) is 5.32 Å². The van der Waals surface area contributed by atoms with E-state index >= 15 is 0 Å². The molecule has 0 aliphatic heterocycles. The van der Waals surface area contributed by atoms with E-state index in [4.69, 9.17) is 15.2 Å². The Morgan fingerprint density at radius 3 is 2.33 bits per heavy atom. The van der Waals surface area contributed by atoms with Crippen molar-refractivity contribution in [3.05, 3.63) is 132 Å². The first-order chi connectivity index (χ1) is 21.0. The summed E-state index contributed by atoms with van der Waals surface area (Å²) >= 11 is 0. The molecule has 0 saturated carbocycles. The summed E-state index contributed by atoms with van der Waals surface area (Å²) in [5.41, 5.74) is 9.35. The summed E-state index contributed by atoms with van der Waals surface area (Å²) < 4.78 is 11.5. The maximum Gasteiger partial charge on any atom is 0.227 e. The van der Waals surface area contributed by atoms with Crippen LogP contribution in [0.5, 0.6) is 17.2 Å². The van der Waals surface area contributed by atoms with Crippen LogP contribution in [0.3, 0.4) is 0 Å². The maximum atomic E-state index is 13.9. The number of hydrogen-bond acceptors (Lipinski definition) is 5. The minimum absolute atomic E-state index is 0.0379. The average Bonchev–Trinajstić information content (AvgIpc) is 3.06. The molecule has 0 radical (unpaired) electrons. The van der Waals surface area contributed by atoms with Gasteiger partial charge >= 0.3 is 0 Å². The number of benzene rings is 5. The molecule has 0 fully saturated rings. The molecule has 0 heterocycles. The van der Waals surface area contributed by atoms with Crippen LogP contribution < -0.4 is 25.4 Å². The van der Waals surface area contributed by atoms with Crippen LogP contribution in [0.1, 0.15) is 29.5 Å². The van der Waals surface area contributed by atoms with Crippen molar-refractivity contribution in [3.63, 3.8) is 0 Å². The predicted octanol–water partition coefficient (Wildman–Crippen LogP) is 6.73. The van der Waals surface area contributed by atoms with E-state index in [2.05, 4.69) is 23.5 Å².